The highest BCUT2D eigenvalue weighted by Gasteiger charge is 2.19. The summed E-state index contributed by atoms with van der Waals surface area (Å²) in [6.07, 6.45) is 0.600. The molecule has 7 nitrogen and oxygen atoms in total. The fourth-order valence-corrected chi connectivity index (χ4v) is 3.34. The maximum absolute atomic E-state index is 12.3. The van der Waals surface area contributed by atoms with E-state index in [1.54, 1.807) is 36.7 Å². The molecule has 2 amide bonds. The largest absolute Gasteiger partial charge is 0.370 e. The van der Waals surface area contributed by atoms with Crippen LogP contribution in [0.2, 0.25) is 10.0 Å². The van der Waals surface area contributed by atoms with Crippen LogP contribution in [0, 0.1) is 0 Å². The topological polar surface area (TPSA) is 103 Å². The Morgan fingerprint density at radius 2 is 1.92 bits per heavy atom. The molecule has 1 aromatic heterocycles. The van der Waals surface area contributed by atoms with Gasteiger partial charge in [0.15, 0.2) is 5.16 Å². The third-order valence-electron chi connectivity index (χ3n) is 3.30. The molecular formula is C15H17Cl2N5O2S. The molecule has 0 spiro atoms. The van der Waals surface area contributed by atoms with Gasteiger partial charge in [0.2, 0.25) is 11.8 Å². The van der Waals surface area contributed by atoms with E-state index in [2.05, 4.69) is 15.5 Å². The number of nitrogens with two attached hydrogens (primary N) is 1. The Balaban J connectivity index is 2.00. The van der Waals surface area contributed by atoms with Gasteiger partial charge in [-0.15, -0.1) is 10.2 Å². The predicted molar refractivity (Wildman–Crippen MR) is 98.9 cm³/mol. The molecule has 25 heavy (non-hydrogen) atoms. The zero-order valence-electron chi connectivity index (χ0n) is 13.6. The van der Waals surface area contributed by atoms with Gasteiger partial charge in [-0.05, 0) is 25.1 Å². The molecule has 0 aliphatic rings. The molecule has 0 bridgehead atoms. The average Bonchev–Trinajstić information content (AvgIpc) is 2.84. The van der Waals surface area contributed by atoms with Gasteiger partial charge < -0.3 is 15.6 Å². The van der Waals surface area contributed by atoms with Gasteiger partial charge in [-0.2, -0.15) is 0 Å². The van der Waals surface area contributed by atoms with E-state index < -0.39 is 11.2 Å². The number of thioether (sulfide) groups is 1. The van der Waals surface area contributed by atoms with Crippen LogP contribution in [0.3, 0.4) is 0 Å². The first kappa shape index (κ1) is 19.6. The number of nitrogens with one attached hydrogen (secondary N) is 1. The molecule has 134 valence electrons. The van der Waals surface area contributed by atoms with Crippen molar-refractivity contribution < 1.29 is 9.59 Å². The van der Waals surface area contributed by atoms with Crippen LogP contribution in [-0.2, 0) is 23.1 Å². The zero-order valence-corrected chi connectivity index (χ0v) is 16.0. The van der Waals surface area contributed by atoms with E-state index in [0.29, 0.717) is 33.1 Å². The highest BCUT2D eigenvalue weighted by molar-refractivity contribution is 8.00. The Kier molecular flexibility index (Phi) is 6.69. The Morgan fingerprint density at radius 3 is 2.52 bits per heavy atom. The van der Waals surface area contributed by atoms with Gasteiger partial charge in [0.05, 0.1) is 5.25 Å². The van der Waals surface area contributed by atoms with Crippen molar-refractivity contribution in [1.29, 1.82) is 0 Å². The molecule has 0 aliphatic carbocycles. The minimum Gasteiger partial charge on any atom is -0.370 e. The molecule has 0 saturated carbocycles. The quantitative estimate of drug-likeness (QED) is 0.694. The molecule has 0 fully saturated rings. The molecule has 1 atom stereocenters. The summed E-state index contributed by atoms with van der Waals surface area (Å²) >= 11 is 13.1. The zero-order chi connectivity index (χ0) is 18.6. The van der Waals surface area contributed by atoms with Gasteiger partial charge in [-0.25, -0.2) is 0 Å². The van der Waals surface area contributed by atoms with Crippen LogP contribution in [-0.4, -0.2) is 31.8 Å². The number of carbonyl (C=O) groups excluding carboxylic acids is 2. The van der Waals surface area contributed by atoms with Gasteiger partial charge in [-0.1, -0.05) is 35.0 Å². The van der Waals surface area contributed by atoms with Crippen LogP contribution in [0.15, 0.2) is 23.4 Å². The molecule has 0 radical (unpaired) electrons. The Bertz CT molecular complexity index is 776. The summed E-state index contributed by atoms with van der Waals surface area (Å²) in [6, 6.07) is 4.82. The lowest BCUT2D eigenvalue weighted by Crippen LogP contribution is -2.22. The summed E-state index contributed by atoms with van der Waals surface area (Å²) < 4.78 is 1.74. The number of hydrogen-bond acceptors (Lipinski definition) is 5. The van der Waals surface area contributed by atoms with E-state index in [4.69, 9.17) is 28.9 Å². The molecule has 2 aromatic rings. The smallest absolute Gasteiger partial charge is 0.237 e. The maximum atomic E-state index is 12.3. The lowest BCUT2D eigenvalue weighted by molar-refractivity contribution is -0.118. The van der Waals surface area contributed by atoms with Crippen LogP contribution >= 0.6 is 35.0 Å². The first-order valence-electron chi connectivity index (χ1n) is 7.36. The van der Waals surface area contributed by atoms with Crippen LogP contribution < -0.4 is 11.1 Å². The van der Waals surface area contributed by atoms with Crippen LogP contribution in [0.4, 0.5) is 5.69 Å². The number of amides is 2. The SMILES string of the molecule is C[C@H](Sc1nnc(CCC(N)=O)n1C)C(=O)Nc1cc(Cl)cc(Cl)c1. The molecule has 2 rings (SSSR count). The highest BCUT2D eigenvalue weighted by Crippen LogP contribution is 2.25. The molecule has 10 heteroatoms. The molecular weight excluding hydrogens is 385 g/mol. The van der Waals surface area contributed by atoms with E-state index in [1.165, 1.54) is 11.8 Å². The second-order valence-electron chi connectivity index (χ2n) is 5.33. The minimum atomic E-state index is -0.426. The van der Waals surface area contributed by atoms with E-state index in [9.17, 15) is 9.59 Å². The Hall–Kier alpha value is -1.77. The van der Waals surface area contributed by atoms with Gasteiger partial charge in [0.25, 0.3) is 0 Å². The van der Waals surface area contributed by atoms with E-state index in [1.807, 2.05) is 0 Å². The maximum Gasteiger partial charge on any atom is 0.237 e. The van der Waals surface area contributed by atoms with E-state index in [-0.39, 0.29) is 12.3 Å². The fourth-order valence-electron chi connectivity index (χ4n) is 1.98. The van der Waals surface area contributed by atoms with E-state index in [0.717, 1.165) is 0 Å². The Labute approximate surface area is 159 Å². The molecule has 0 unspecified atom stereocenters. The normalized spacial score (nSPS) is 12.0. The summed E-state index contributed by atoms with van der Waals surface area (Å²) in [5.41, 5.74) is 5.66. The summed E-state index contributed by atoms with van der Waals surface area (Å²) in [4.78, 5) is 23.2. The number of aromatic nitrogens is 3. The van der Waals surface area contributed by atoms with Crippen LogP contribution in [0.1, 0.15) is 19.2 Å². The number of halogens is 2. The molecule has 1 heterocycles. The number of benzene rings is 1. The lowest BCUT2D eigenvalue weighted by Gasteiger charge is -2.12. The number of carbonyl (C=O) groups is 2. The standard InChI is InChI=1S/C15H17Cl2N5O2S/c1-8(14(24)19-11-6-9(16)5-10(17)7-11)25-15-21-20-13(22(15)2)4-3-12(18)23/h5-8H,3-4H2,1-2H3,(H2,18,23)(H,19,24)/t8-/m0/s1. The third-order valence-corrected chi connectivity index (χ3v) is 4.87. The number of nitrogens with zero attached hydrogens (tertiary/aromatic N) is 3. The Morgan fingerprint density at radius 1 is 1.28 bits per heavy atom. The second kappa shape index (κ2) is 8.55. The molecule has 0 saturated heterocycles. The highest BCUT2D eigenvalue weighted by atomic mass is 35.5. The van der Waals surface area contributed by atoms with Crippen molar-refractivity contribution >= 4 is 52.5 Å². The van der Waals surface area contributed by atoms with Crippen molar-refractivity contribution in [3.05, 3.63) is 34.1 Å². The van der Waals surface area contributed by atoms with Crippen molar-refractivity contribution in [2.75, 3.05) is 5.32 Å². The van der Waals surface area contributed by atoms with Crippen molar-refractivity contribution in [3.8, 4) is 0 Å². The fraction of sp³-hybridized carbons (Fsp3) is 0.333. The third kappa shape index (κ3) is 5.62. The number of rotatable bonds is 7. The van der Waals surface area contributed by atoms with Gasteiger partial charge >= 0.3 is 0 Å². The first-order valence-corrected chi connectivity index (χ1v) is 9.00. The summed E-state index contributed by atoms with van der Waals surface area (Å²) in [5, 5.41) is 11.9. The minimum absolute atomic E-state index is 0.197. The number of anilines is 1. The monoisotopic (exact) mass is 401 g/mol. The predicted octanol–water partition coefficient (Wildman–Crippen LogP) is 2.66. The van der Waals surface area contributed by atoms with Crippen LogP contribution in [0.25, 0.3) is 0 Å². The average molecular weight is 402 g/mol. The number of aryl methyl sites for hydroxylation is 1. The van der Waals surface area contributed by atoms with Gasteiger partial charge in [-0.3, -0.25) is 9.59 Å². The van der Waals surface area contributed by atoms with Crippen molar-refractivity contribution in [2.24, 2.45) is 12.8 Å². The van der Waals surface area contributed by atoms with Crippen molar-refractivity contribution in [1.82, 2.24) is 14.8 Å². The lowest BCUT2D eigenvalue weighted by atomic mass is 10.3. The summed E-state index contributed by atoms with van der Waals surface area (Å²) in [6.45, 7) is 1.75. The van der Waals surface area contributed by atoms with Crippen molar-refractivity contribution in [3.63, 3.8) is 0 Å². The van der Waals surface area contributed by atoms with Crippen LogP contribution in [0.5, 0.6) is 0 Å². The second-order valence-corrected chi connectivity index (χ2v) is 7.51. The van der Waals surface area contributed by atoms with Crippen molar-refractivity contribution in [2.45, 2.75) is 30.2 Å². The summed E-state index contributed by atoms with van der Waals surface area (Å²) in [5.74, 6) is 0.0192. The number of hydrogen-bond donors (Lipinski definition) is 2. The van der Waals surface area contributed by atoms with E-state index >= 15 is 0 Å². The molecule has 1 aromatic carbocycles. The number of primary amides is 1. The molecule has 3 N–H and O–H groups in total. The van der Waals surface area contributed by atoms with Gasteiger partial charge in [0, 0.05) is 35.6 Å². The molecule has 0 aliphatic heterocycles. The summed E-state index contributed by atoms with van der Waals surface area (Å²) in [7, 11) is 1.78. The van der Waals surface area contributed by atoms with Gasteiger partial charge in [0.1, 0.15) is 5.82 Å². The first-order chi connectivity index (χ1) is 11.8.